The number of benzene rings is 1. The highest BCUT2D eigenvalue weighted by molar-refractivity contribution is 5.81. The number of ether oxygens (including phenoxy) is 1. The number of nitrogens with zero attached hydrogens (tertiary/aromatic N) is 2. The zero-order valence-electron chi connectivity index (χ0n) is 14.4. The Bertz CT molecular complexity index is 560. The zero-order chi connectivity index (χ0) is 16.2. The lowest BCUT2D eigenvalue weighted by molar-refractivity contribution is 0.415. The summed E-state index contributed by atoms with van der Waals surface area (Å²) in [6, 6.07) is 9.26. The van der Waals surface area contributed by atoms with Crippen LogP contribution < -0.4 is 20.3 Å². The summed E-state index contributed by atoms with van der Waals surface area (Å²) >= 11 is 0. The molecule has 1 saturated carbocycles. The Morgan fingerprint density at radius 2 is 2.13 bits per heavy atom. The molecule has 1 aromatic carbocycles. The van der Waals surface area contributed by atoms with Crippen molar-refractivity contribution < 1.29 is 4.74 Å². The molecular weight excluding hydrogens is 288 g/mol. The first-order valence-electron chi connectivity index (χ1n) is 8.66. The van der Waals surface area contributed by atoms with E-state index in [9.17, 15) is 0 Å². The number of anilines is 1. The number of guanidine groups is 1. The van der Waals surface area contributed by atoms with Crippen LogP contribution in [-0.2, 0) is 0 Å². The van der Waals surface area contributed by atoms with Crippen LogP contribution in [0.3, 0.4) is 0 Å². The van der Waals surface area contributed by atoms with Crippen molar-refractivity contribution in [3.05, 3.63) is 24.3 Å². The van der Waals surface area contributed by atoms with Gasteiger partial charge >= 0.3 is 0 Å². The summed E-state index contributed by atoms with van der Waals surface area (Å²) in [5, 5.41) is 7.14. The van der Waals surface area contributed by atoms with Crippen LogP contribution in [0, 0.1) is 5.92 Å². The predicted octanol–water partition coefficient (Wildman–Crippen LogP) is 2.24. The predicted molar refractivity (Wildman–Crippen MR) is 95.4 cm³/mol. The maximum atomic E-state index is 5.49. The van der Waals surface area contributed by atoms with Crippen molar-refractivity contribution in [2.45, 2.75) is 38.8 Å². The number of aliphatic imine (C=N–C) groups is 1. The van der Waals surface area contributed by atoms with Crippen molar-refractivity contribution in [3.8, 4) is 5.75 Å². The lowest BCUT2D eigenvalue weighted by Gasteiger charge is -2.22. The Morgan fingerprint density at radius 3 is 2.83 bits per heavy atom. The highest BCUT2D eigenvalue weighted by Gasteiger charge is 2.34. The number of nitrogens with one attached hydrogen (secondary N) is 2. The maximum Gasteiger partial charge on any atom is 0.191 e. The molecule has 0 radical (unpaired) electrons. The molecule has 0 amide bonds. The number of hydrogen-bond acceptors (Lipinski definition) is 3. The first-order chi connectivity index (χ1) is 11.2. The van der Waals surface area contributed by atoms with Gasteiger partial charge in [0.1, 0.15) is 5.75 Å². The first-order valence-corrected chi connectivity index (χ1v) is 8.66. The maximum absolute atomic E-state index is 5.49. The second kappa shape index (κ2) is 7.11. The van der Waals surface area contributed by atoms with Gasteiger partial charge in [0.2, 0.25) is 0 Å². The van der Waals surface area contributed by atoms with Crippen LogP contribution in [0.15, 0.2) is 29.3 Å². The van der Waals surface area contributed by atoms with E-state index in [1.54, 1.807) is 7.11 Å². The molecule has 3 unspecified atom stereocenters. The van der Waals surface area contributed by atoms with Crippen molar-refractivity contribution in [1.82, 2.24) is 10.6 Å². The third-order valence-electron chi connectivity index (χ3n) is 4.70. The molecule has 1 saturated heterocycles. The Morgan fingerprint density at radius 1 is 1.35 bits per heavy atom. The molecular formula is C18H28N4O. The smallest absolute Gasteiger partial charge is 0.191 e. The summed E-state index contributed by atoms with van der Waals surface area (Å²) in [6.45, 7) is 7.18. The largest absolute Gasteiger partial charge is 0.495 e. The molecule has 2 aliphatic rings. The first kappa shape index (κ1) is 16.0. The molecule has 1 aliphatic carbocycles. The minimum absolute atomic E-state index is 0.423. The molecule has 1 aliphatic heterocycles. The fraction of sp³-hybridized carbons (Fsp3) is 0.611. The monoisotopic (exact) mass is 316 g/mol. The van der Waals surface area contributed by atoms with Gasteiger partial charge < -0.3 is 20.3 Å². The van der Waals surface area contributed by atoms with Crippen molar-refractivity contribution in [3.63, 3.8) is 0 Å². The highest BCUT2D eigenvalue weighted by atomic mass is 16.5. The molecule has 3 rings (SSSR count). The molecule has 1 aromatic rings. The summed E-state index contributed by atoms with van der Waals surface area (Å²) in [7, 11) is 1.73. The van der Waals surface area contributed by atoms with Gasteiger partial charge in [-0.2, -0.15) is 0 Å². The Kier molecular flexibility index (Phi) is 4.94. The minimum atomic E-state index is 0.423. The summed E-state index contributed by atoms with van der Waals surface area (Å²) in [6.07, 6.45) is 2.37. The molecule has 5 nitrogen and oxygen atoms in total. The molecule has 0 spiro atoms. The van der Waals surface area contributed by atoms with E-state index in [4.69, 9.17) is 4.74 Å². The standard InChI is InChI=1S/C18H28N4O/c1-4-19-18(21-15-11-13(15)2)20-14-9-10-22(12-14)16-7-5-6-8-17(16)23-3/h5-8,13-15H,4,9-12H2,1-3H3,(H2,19,20,21). The van der Waals surface area contributed by atoms with Crippen LogP contribution in [-0.4, -0.2) is 44.8 Å². The van der Waals surface area contributed by atoms with Crippen molar-refractivity contribution >= 4 is 11.6 Å². The molecule has 1 heterocycles. The van der Waals surface area contributed by atoms with Gasteiger partial charge in [-0.05, 0) is 37.8 Å². The topological polar surface area (TPSA) is 48.9 Å². The Balaban J connectivity index is 1.59. The third-order valence-corrected chi connectivity index (χ3v) is 4.70. The molecule has 0 aromatic heterocycles. The average molecular weight is 316 g/mol. The van der Waals surface area contributed by atoms with Crippen LogP contribution >= 0.6 is 0 Å². The van der Waals surface area contributed by atoms with Gasteiger partial charge in [0.05, 0.1) is 12.8 Å². The van der Waals surface area contributed by atoms with Gasteiger partial charge in [-0.25, -0.2) is 0 Å². The van der Waals surface area contributed by atoms with Crippen LogP contribution in [0.1, 0.15) is 26.7 Å². The van der Waals surface area contributed by atoms with Crippen LogP contribution in [0.5, 0.6) is 5.75 Å². The van der Waals surface area contributed by atoms with Gasteiger partial charge in [0, 0.05) is 31.7 Å². The Labute approximate surface area is 139 Å². The fourth-order valence-electron chi connectivity index (χ4n) is 3.17. The fourth-order valence-corrected chi connectivity index (χ4v) is 3.17. The second-order valence-electron chi connectivity index (χ2n) is 6.53. The lowest BCUT2D eigenvalue weighted by atomic mass is 10.2. The lowest BCUT2D eigenvalue weighted by Crippen LogP contribution is -2.45. The quantitative estimate of drug-likeness (QED) is 0.646. The van der Waals surface area contributed by atoms with Crippen LogP contribution in [0.4, 0.5) is 5.69 Å². The minimum Gasteiger partial charge on any atom is -0.495 e. The van der Waals surface area contributed by atoms with Crippen LogP contribution in [0.2, 0.25) is 0 Å². The van der Waals surface area contributed by atoms with Gasteiger partial charge in [-0.3, -0.25) is 4.99 Å². The summed E-state index contributed by atoms with van der Waals surface area (Å²) in [4.78, 5) is 6.97. The number of hydrogen-bond donors (Lipinski definition) is 2. The summed E-state index contributed by atoms with van der Waals surface area (Å²) in [5.41, 5.74) is 1.18. The van der Waals surface area contributed by atoms with E-state index >= 15 is 0 Å². The molecule has 126 valence electrons. The number of methoxy groups -OCH3 is 1. The summed E-state index contributed by atoms with van der Waals surface area (Å²) in [5.74, 6) is 2.68. The van der Waals surface area contributed by atoms with Gasteiger partial charge in [-0.15, -0.1) is 0 Å². The summed E-state index contributed by atoms with van der Waals surface area (Å²) < 4.78 is 5.49. The van der Waals surface area contributed by atoms with Gasteiger partial charge in [-0.1, -0.05) is 19.1 Å². The SMILES string of the molecule is CCN=C(NC1CCN(c2ccccc2OC)C1)NC1CC1C. The van der Waals surface area contributed by atoms with Crippen LogP contribution in [0.25, 0.3) is 0 Å². The molecule has 23 heavy (non-hydrogen) atoms. The highest BCUT2D eigenvalue weighted by Crippen LogP contribution is 2.31. The normalized spacial score (nSPS) is 27.0. The molecule has 2 fully saturated rings. The molecule has 2 N–H and O–H groups in total. The van der Waals surface area contributed by atoms with Gasteiger partial charge in [0.25, 0.3) is 0 Å². The molecule has 0 bridgehead atoms. The molecule has 3 atom stereocenters. The second-order valence-corrected chi connectivity index (χ2v) is 6.53. The molecule has 5 heteroatoms. The van der Waals surface area contributed by atoms with E-state index in [1.165, 1.54) is 12.1 Å². The number of rotatable bonds is 5. The van der Waals surface area contributed by atoms with E-state index in [2.05, 4.69) is 46.5 Å². The van der Waals surface area contributed by atoms with E-state index in [0.29, 0.717) is 12.1 Å². The Hall–Kier alpha value is -1.91. The van der Waals surface area contributed by atoms with E-state index in [1.807, 2.05) is 12.1 Å². The zero-order valence-corrected chi connectivity index (χ0v) is 14.4. The van der Waals surface area contributed by atoms with Crippen molar-refractivity contribution in [1.29, 1.82) is 0 Å². The van der Waals surface area contributed by atoms with E-state index < -0.39 is 0 Å². The van der Waals surface area contributed by atoms with Crippen molar-refractivity contribution in [2.24, 2.45) is 10.9 Å². The van der Waals surface area contributed by atoms with Crippen molar-refractivity contribution in [2.75, 3.05) is 31.6 Å². The van der Waals surface area contributed by atoms with Gasteiger partial charge in [0.15, 0.2) is 5.96 Å². The number of para-hydroxylation sites is 2. The van der Waals surface area contributed by atoms with E-state index in [-0.39, 0.29) is 0 Å². The van der Waals surface area contributed by atoms with E-state index in [0.717, 1.165) is 43.7 Å². The average Bonchev–Trinajstić information content (AvgIpc) is 3.06. The third kappa shape index (κ3) is 3.89.